The summed E-state index contributed by atoms with van der Waals surface area (Å²) in [7, 11) is 0. The fraction of sp³-hybridized carbons (Fsp3) is 0.304. The highest BCUT2D eigenvalue weighted by Gasteiger charge is 2.36. The third kappa shape index (κ3) is 7.50. The van der Waals surface area contributed by atoms with Gasteiger partial charge in [0.2, 0.25) is 5.91 Å². The van der Waals surface area contributed by atoms with Crippen molar-refractivity contribution in [3.05, 3.63) is 71.8 Å². The number of nitrogens with zero attached hydrogens (tertiary/aromatic N) is 1. The zero-order valence-corrected chi connectivity index (χ0v) is 18.4. The van der Waals surface area contributed by atoms with Crippen molar-refractivity contribution in [2.24, 2.45) is 11.1 Å². The van der Waals surface area contributed by atoms with E-state index < -0.39 is 36.0 Å². The molecule has 2 aromatic carbocycles. The second-order valence-corrected chi connectivity index (χ2v) is 7.90. The van der Waals surface area contributed by atoms with Crippen molar-refractivity contribution in [3.8, 4) is 0 Å². The maximum absolute atomic E-state index is 13.0. The number of nitrogens with one attached hydrogen (secondary N) is 2. The van der Waals surface area contributed by atoms with Crippen LogP contribution >= 0.6 is 11.6 Å². The molecule has 0 saturated carbocycles. The fourth-order valence-corrected chi connectivity index (χ4v) is 3.50. The van der Waals surface area contributed by atoms with Crippen LogP contribution in [0.15, 0.2) is 65.8 Å². The minimum absolute atomic E-state index is 0.0246. The molecule has 1 heterocycles. The minimum atomic E-state index is -1.39. The van der Waals surface area contributed by atoms with Crippen molar-refractivity contribution in [3.63, 3.8) is 0 Å². The average molecular weight is 474 g/mol. The number of ether oxygens (including phenoxy) is 1. The van der Waals surface area contributed by atoms with Crippen molar-refractivity contribution in [2.45, 2.75) is 31.6 Å². The molecular formula is C23H24ClN3O6. The number of rotatable bonds is 10. The number of carboxylic acid groups (broad SMARTS) is 1. The molecule has 0 spiro atoms. The minimum Gasteiger partial charge on any atom is -0.481 e. The highest BCUT2D eigenvalue weighted by Crippen LogP contribution is 2.16. The Morgan fingerprint density at radius 1 is 1.09 bits per heavy atom. The summed E-state index contributed by atoms with van der Waals surface area (Å²) in [4.78, 5) is 42.6. The molecule has 0 fully saturated rings. The molecule has 3 atom stereocenters. The standard InChI is InChI=1S/C23H24ClN3O6/c24-19-12-17(33-27-19)13-25-21(28)20(18(22(29)30)11-15-7-3-1-4-8-15)26-23(31)32-14-16-9-5-2-6-10-16/h1-10,17-18,20H,11-14H2,(H,25,28)(H,26,31)(H,29,30)/t17?,18?,20-/m0/s1. The Hall–Kier alpha value is -3.59. The molecule has 174 valence electrons. The Kier molecular flexibility index (Phi) is 8.65. The highest BCUT2D eigenvalue weighted by atomic mass is 35.5. The number of oxime groups is 1. The second-order valence-electron chi connectivity index (χ2n) is 7.46. The third-order valence-electron chi connectivity index (χ3n) is 4.99. The van der Waals surface area contributed by atoms with Crippen molar-refractivity contribution in [2.75, 3.05) is 6.54 Å². The van der Waals surface area contributed by atoms with Gasteiger partial charge in [-0.2, -0.15) is 0 Å². The molecule has 0 aromatic heterocycles. The zero-order chi connectivity index (χ0) is 23.6. The number of aliphatic carboxylic acids is 1. The van der Waals surface area contributed by atoms with Gasteiger partial charge in [0.25, 0.3) is 0 Å². The van der Waals surface area contributed by atoms with Gasteiger partial charge in [0, 0.05) is 6.42 Å². The summed E-state index contributed by atoms with van der Waals surface area (Å²) in [6.45, 7) is 0.0245. The van der Waals surface area contributed by atoms with Crippen molar-refractivity contribution < 1.29 is 29.1 Å². The van der Waals surface area contributed by atoms with Crippen LogP contribution in [0, 0.1) is 5.92 Å². The molecule has 9 nitrogen and oxygen atoms in total. The summed E-state index contributed by atoms with van der Waals surface area (Å²) in [5.74, 6) is -3.14. The first-order valence-electron chi connectivity index (χ1n) is 10.3. The van der Waals surface area contributed by atoms with Gasteiger partial charge in [0.05, 0.1) is 12.5 Å². The molecule has 1 aliphatic rings. The van der Waals surface area contributed by atoms with Gasteiger partial charge in [0.15, 0.2) is 6.10 Å². The van der Waals surface area contributed by atoms with Gasteiger partial charge in [-0.15, -0.1) is 0 Å². The monoisotopic (exact) mass is 473 g/mol. The van der Waals surface area contributed by atoms with Crippen LogP contribution in [-0.4, -0.2) is 46.9 Å². The van der Waals surface area contributed by atoms with Gasteiger partial charge in [-0.1, -0.05) is 77.4 Å². The second kappa shape index (κ2) is 11.9. The summed E-state index contributed by atoms with van der Waals surface area (Å²) in [6, 6.07) is 16.5. The molecule has 2 amide bonds. The number of carbonyl (C=O) groups excluding carboxylic acids is 2. The molecule has 0 aliphatic carbocycles. The first-order valence-corrected chi connectivity index (χ1v) is 10.7. The van der Waals surface area contributed by atoms with Crippen LogP contribution in [0.1, 0.15) is 17.5 Å². The molecule has 33 heavy (non-hydrogen) atoms. The summed E-state index contributed by atoms with van der Waals surface area (Å²) in [6.07, 6.45) is -1.01. The topological polar surface area (TPSA) is 126 Å². The number of carboxylic acids is 1. The number of hydrogen-bond acceptors (Lipinski definition) is 6. The first kappa shape index (κ1) is 24.1. The highest BCUT2D eigenvalue weighted by molar-refractivity contribution is 6.65. The van der Waals surface area contributed by atoms with Crippen LogP contribution < -0.4 is 10.6 Å². The number of alkyl carbamates (subject to hydrolysis) is 1. The summed E-state index contributed by atoms with van der Waals surface area (Å²) in [5, 5.41) is 18.8. The molecule has 0 bridgehead atoms. The smallest absolute Gasteiger partial charge is 0.408 e. The quantitative estimate of drug-likeness (QED) is 0.487. The Labute approximate surface area is 195 Å². The number of carbonyl (C=O) groups is 3. The predicted molar refractivity (Wildman–Crippen MR) is 121 cm³/mol. The SMILES string of the molecule is O=C(N[C@H](C(=O)NCC1CC(Cl)=NO1)C(Cc1ccccc1)C(=O)O)OCc1ccccc1. The van der Waals surface area contributed by atoms with Gasteiger partial charge >= 0.3 is 12.1 Å². The maximum Gasteiger partial charge on any atom is 0.408 e. The van der Waals surface area contributed by atoms with E-state index in [-0.39, 0.29) is 24.7 Å². The molecule has 0 radical (unpaired) electrons. The predicted octanol–water partition coefficient (Wildman–Crippen LogP) is 2.68. The lowest BCUT2D eigenvalue weighted by Crippen LogP contribution is -2.54. The normalized spacial score (nSPS) is 16.6. The number of hydrogen-bond donors (Lipinski definition) is 3. The summed E-state index contributed by atoms with van der Waals surface area (Å²) < 4.78 is 5.20. The maximum atomic E-state index is 13.0. The molecular weight excluding hydrogens is 450 g/mol. The van der Waals surface area contributed by atoms with Gasteiger partial charge in [-0.3, -0.25) is 9.59 Å². The van der Waals surface area contributed by atoms with Gasteiger partial charge < -0.3 is 25.3 Å². The zero-order valence-electron chi connectivity index (χ0n) is 17.6. The molecule has 2 aromatic rings. The van der Waals surface area contributed by atoms with Crippen molar-refractivity contribution in [1.82, 2.24) is 10.6 Å². The van der Waals surface area contributed by atoms with E-state index in [4.69, 9.17) is 21.2 Å². The van der Waals surface area contributed by atoms with Crippen LogP contribution in [0.5, 0.6) is 0 Å². The molecule has 0 saturated heterocycles. The lowest BCUT2D eigenvalue weighted by Gasteiger charge is -2.25. The van der Waals surface area contributed by atoms with Gasteiger partial charge in [-0.05, 0) is 17.5 Å². The Morgan fingerprint density at radius 3 is 2.30 bits per heavy atom. The Balaban J connectivity index is 1.69. The Morgan fingerprint density at radius 2 is 1.73 bits per heavy atom. The molecule has 3 N–H and O–H groups in total. The third-order valence-corrected chi connectivity index (χ3v) is 5.21. The molecule has 1 aliphatic heterocycles. The van der Waals surface area contributed by atoms with Gasteiger partial charge in [-0.25, -0.2) is 4.79 Å². The van der Waals surface area contributed by atoms with E-state index in [9.17, 15) is 19.5 Å². The average Bonchev–Trinajstić information content (AvgIpc) is 3.24. The van der Waals surface area contributed by atoms with E-state index >= 15 is 0 Å². The van der Waals surface area contributed by atoms with Crippen molar-refractivity contribution in [1.29, 1.82) is 0 Å². The van der Waals surface area contributed by atoms with E-state index in [2.05, 4.69) is 15.8 Å². The van der Waals surface area contributed by atoms with E-state index in [0.717, 1.165) is 5.56 Å². The fourth-order valence-electron chi connectivity index (χ4n) is 3.28. The van der Waals surface area contributed by atoms with Gasteiger partial charge in [0.1, 0.15) is 17.8 Å². The van der Waals surface area contributed by atoms with E-state index in [0.29, 0.717) is 12.0 Å². The van der Waals surface area contributed by atoms with Crippen LogP contribution in [0.4, 0.5) is 4.79 Å². The number of halogens is 1. The number of benzene rings is 2. The number of amides is 2. The van der Waals surface area contributed by atoms with Crippen LogP contribution in [-0.2, 0) is 32.2 Å². The molecule has 2 unspecified atom stereocenters. The van der Waals surface area contributed by atoms with Crippen LogP contribution in [0.2, 0.25) is 0 Å². The molecule has 3 rings (SSSR count). The van der Waals surface area contributed by atoms with Crippen LogP contribution in [0.3, 0.4) is 0 Å². The van der Waals surface area contributed by atoms with Crippen molar-refractivity contribution >= 4 is 34.7 Å². The largest absolute Gasteiger partial charge is 0.481 e. The first-order chi connectivity index (χ1) is 15.9. The Bertz CT molecular complexity index is 986. The summed E-state index contributed by atoms with van der Waals surface area (Å²) >= 11 is 5.78. The lowest BCUT2D eigenvalue weighted by atomic mass is 9.91. The molecule has 10 heteroatoms. The lowest BCUT2D eigenvalue weighted by molar-refractivity contribution is -0.145. The van der Waals surface area contributed by atoms with Crippen LogP contribution in [0.25, 0.3) is 0 Å². The summed E-state index contributed by atoms with van der Waals surface area (Å²) in [5.41, 5.74) is 1.46. The van der Waals surface area contributed by atoms with E-state index in [1.54, 1.807) is 54.6 Å². The van der Waals surface area contributed by atoms with E-state index in [1.165, 1.54) is 0 Å². The van der Waals surface area contributed by atoms with E-state index in [1.807, 2.05) is 6.07 Å².